The molecule has 0 aliphatic carbocycles. The Bertz CT molecular complexity index is 395. The number of hydrogen-bond acceptors (Lipinski definition) is 3. The molecule has 0 aromatic carbocycles. The summed E-state index contributed by atoms with van der Waals surface area (Å²) in [6.45, 7) is 6.78. The summed E-state index contributed by atoms with van der Waals surface area (Å²) in [5.41, 5.74) is -0.525. The molecule has 0 aromatic rings. The predicted molar refractivity (Wildman–Crippen MR) is 76.2 cm³/mol. The van der Waals surface area contributed by atoms with Crippen molar-refractivity contribution in [1.82, 2.24) is 15.5 Å². The van der Waals surface area contributed by atoms with Crippen LogP contribution in [0.2, 0.25) is 0 Å². The zero-order chi connectivity index (χ0) is 15.2. The van der Waals surface area contributed by atoms with Gasteiger partial charge in [0.15, 0.2) is 0 Å². The van der Waals surface area contributed by atoms with Crippen LogP contribution in [-0.4, -0.2) is 48.3 Å². The van der Waals surface area contributed by atoms with E-state index in [4.69, 9.17) is 11.2 Å². The topological polar surface area (TPSA) is 70.7 Å². The molecule has 20 heavy (non-hydrogen) atoms. The fourth-order valence-corrected chi connectivity index (χ4v) is 1.99. The van der Waals surface area contributed by atoms with Crippen molar-refractivity contribution < 1.29 is 14.3 Å². The molecular formula is C14H23N3O3. The molecule has 0 bridgehead atoms. The maximum absolute atomic E-state index is 11.8. The highest BCUT2D eigenvalue weighted by molar-refractivity contribution is 5.75. The Balaban J connectivity index is 2.43. The molecule has 3 amide bonds. The van der Waals surface area contributed by atoms with Crippen LogP contribution >= 0.6 is 0 Å². The maximum atomic E-state index is 11.8. The van der Waals surface area contributed by atoms with E-state index in [2.05, 4.69) is 16.6 Å². The van der Waals surface area contributed by atoms with Crippen molar-refractivity contribution in [3.05, 3.63) is 0 Å². The minimum Gasteiger partial charge on any atom is -0.444 e. The number of likely N-dealkylation sites (tertiary alicyclic amines) is 1. The van der Waals surface area contributed by atoms with E-state index in [1.807, 2.05) is 20.8 Å². The Labute approximate surface area is 120 Å². The van der Waals surface area contributed by atoms with E-state index in [1.54, 1.807) is 4.90 Å². The Hall–Kier alpha value is -1.90. The molecule has 0 saturated carbocycles. The molecule has 6 heteroatoms. The van der Waals surface area contributed by atoms with Crippen LogP contribution in [0.25, 0.3) is 0 Å². The molecule has 1 aliphatic heterocycles. The number of ether oxygens (including phenoxy) is 1. The largest absolute Gasteiger partial charge is 0.444 e. The van der Waals surface area contributed by atoms with E-state index in [0.29, 0.717) is 13.1 Å². The Morgan fingerprint density at radius 3 is 2.75 bits per heavy atom. The van der Waals surface area contributed by atoms with Crippen LogP contribution in [0.15, 0.2) is 0 Å². The third kappa shape index (κ3) is 5.83. The van der Waals surface area contributed by atoms with Crippen molar-refractivity contribution >= 4 is 12.1 Å². The Kier molecular flexibility index (Phi) is 5.68. The number of hydrogen-bond donors (Lipinski definition) is 2. The van der Waals surface area contributed by atoms with Crippen molar-refractivity contribution in [2.24, 2.45) is 0 Å². The van der Waals surface area contributed by atoms with Crippen molar-refractivity contribution in [3.63, 3.8) is 0 Å². The van der Waals surface area contributed by atoms with Crippen molar-refractivity contribution in [2.45, 2.75) is 45.3 Å². The first kappa shape index (κ1) is 16.2. The van der Waals surface area contributed by atoms with E-state index in [0.717, 1.165) is 12.8 Å². The van der Waals surface area contributed by atoms with Crippen LogP contribution in [0.4, 0.5) is 9.59 Å². The molecule has 1 atom stereocenters. The minimum absolute atomic E-state index is 0.0878. The lowest BCUT2D eigenvalue weighted by Crippen LogP contribution is -2.52. The van der Waals surface area contributed by atoms with Crippen LogP contribution in [-0.2, 0) is 4.74 Å². The van der Waals surface area contributed by atoms with Gasteiger partial charge < -0.3 is 20.3 Å². The van der Waals surface area contributed by atoms with Gasteiger partial charge in [0.25, 0.3) is 0 Å². The second kappa shape index (κ2) is 7.04. The van der Waals surface area contributed by atoms with E-state index in [9.17, 15) is 9.59 Å². The van der Waals surface area contributed by atoms with Crippen LogP contribution in [0.3, 0.4) is 0 Å². The second-order valence-corrected chi connectivity index (χ2v) is 5.79. The molecule has 0 spiro atoms. The summed E-state index contributed by atoms with van der Waals surface area (Å²) >= 11 is 0. The number of terminal acetylenes is 1. The number of rotatable bonds is 2. The summed E-state index contributed by atoms with van der Waals surface area (Å²) in [4.78, 5) is 25.1. The summed E-state index contributed by atoms with van der Waals surface area (Å²) in [5.74, 6) is 2.36. The first-order valence-electron chi connectivity index (χ1n) is 6.77. The number of amides is 3. The van der Waals surface area contributed by atoms with Crippen LogP contribution in [0.1, 0.15) is 33.6 Å². The average molecular weight is 281 g/mol. The monoisotopic (exact) mass is 281 g/mol. The van der Waals surface area contributed by atoms with Gasteiger partial charge in [0, 0.05) is 19.1 Å². The maximum Gasteiger partial charge on any atom is 0.407 e. The summed E-state index contributed by atoms with van der Waals surface area (Å²) in [5, 5.41) is 5.41. The van der Waals surface area contributed by atoms with Crippen molar-refractivity contribution in [2.75, 3.05) is 19.6 Å². The zero-order valence-electron chi connectivity index (χ0n) is 12.4. The number of carbonyl (C=O) groups is 2. The van der Waals surface area contributed by atoms with Crippen molar-refractivity contribution in [1.29, 1.82) is 0 Å². The summed E-state index contributed by atoms with van der Waals surface area (Å²) < 4.78 is 5.21. The highest BCUT2D eigenvalue weighted by Crippen LogP contribution is 2.12. The third-order valence-electron chi connectivity index (χ3n) is 2.77. The normalized spacial score (nSPS) is 18.9. The fourth-order valence-electron chi connectivity index (χ4n) is 1.99. The van der Waals surface area contributed by atoms with Gasteiger partial charge in [-0.3, -0.25) is 0 Å². The molecule has 1 heterocycles. The van der Waals surface area contributed by atoms with Gasteiger partial charge in [0.2, 0.25) is 0 Å². The molecule has 6 nitrogen and oxygen atoms in total. The SMILES string of the molecule is C#CCNC(=O)N1CCC[C@H](NC(=O)OC(C)(C)C)C1. The van der Waals surface area contributed by atoms with E-state index in [-0.39, 0.29) is 18.6 Å². The standard InChI is InChI=1S/C14H23N3O3/c1-5-8-15-12(18)17-9-6-7-11(10-17)16-13(19)20-14(2,3)4/h1,11H,6-10H2,2-4H3,(H,15,18)(H,16,19)/t11-/m0/s1. The van der Waals surface area contributed by atoms with Gasteiger partial charge in [0.05, 0.1) is 6.54 Å². The van der Waals surface area contributed by atoms with Gasteiger partial charge in [0.1, 0.15) is 5.60 Å². The third-order valence-corrected chi connectivity index (χ3v) is 2.77. The summed E-state index contributed by atoms with van der Waals surface area (Å²) in [7, 11) is 0. The van der Waals surface area contributed by atoms with Crippen LogP contribution < -0.4 is 10.6 Å². The summed E-state index contributed by atoms with van der Waals surface area (Å²) in [6, 6.07) is -0.283. The lowest BCUT2D eigenvalue weighted by Gasteiger charge is -2.33. The highest BCUT2D eigenvalue weighted by atomic mass is 16.6. The first-order valence-corrected chi connectivity index (χ1v) is 6.77. The summed E-state index contributed by atoms with van der Waals surface area (Å²) in [6.07, 6.45) is 6.32. The number of alkyl carbamates (subject to hydrolysis) is 1. The minimum atomic E-state index is -0.525. The van der Waals surface area contributed by atoms with E-state index in [1.165, 1.54) is 0 Å². The molecule has 1 fully saturated rings. The molecule has 0 unspecified atom stereocenters. The molecule has 0 radical (unpaired) electrons. The Morgan fingerprint density at radius 1 is 1.45 bits per heavy atom. The number of piperidine rings is 1. The lowest BCUT2D eigenvalue weighted by molar-refractivity contribution is 0.0479. The molecule has 1 saturated heterocycles. The predicted octanol–water partition coefficient (Wildman–Crippen LogP) is 1.32. The number of nitrogens with one attached hydrogen (secondary N) is 2. The fraction of sp³-hybridized carbons (Fsp3) is 0.714. The molecular weight excluding hydrogens is 258 g/mol. The van der Waals surface area contributed by atoms with Gasteiger partial charge in [-0.1, -0.05) is 5.92 Å². The molecule has 112 valence electrons. The highest BCUT2D eigenvalue weighted by Gasteiger charge is 2.26. The quantitative estimate of drug-likeness (QED) is 0.750. The number of nitrogens with zero attached hydrogens (tertiary/aromatic N) is 1. The van der Waals surface area contributed by atoms with Gasteiger partial charge in [-0.05, 0) is 33.6 Å². The Morgan fingerprint density at radius 2 is 2.15 bits per heavy atom. The van der Waals surface area contributed by atoms with Gasteiger partial charge >= 0.3 is 12.1 Å². The lowest BCUT2D eigenvalue weighted by atomic mass is 10.1. The van der Waals surface area contributed by atoms with Gasteiger partial charge in [-0.15, -0.1) is 6.42 Å². The van der Waals surface area contributed by atoms with Gasteiger partial charge in [-0.25, -0.2) is 9.59 Å². The van der Waals surface area contributed by atoms with Gasteiger partial charge in [-0.2, -0.15) is 0 Å². The molecule has 2 N–H and O–H groups in total. The van der Waals surface area contributed by atoms with E-state index >= 15 is 0 Å². The molecule has 0 aromatic heterocycles. The molecule has 1 aliphatic rings. The van der Waals surface area contributed by atoms with E-state index < -0.39 is 11.7 Å². The van der Waals surface area contributed by atoms with Crippen LogP contribution in [0.5, 0.6) is 0 Å². The first-order chi connectivity index (χ1) is 9.31. The smallest absolute Gasteiger partial charge is 0.407 e. The number of urea groups is 1. The van der Waals surface area contributed by atoms with Crippen molar-refractivity contribution in [3.8, 4) is 12.3 Å². The second-order valence-electron chi connectivity index (χ2n) is 5.79. The average Bonchev–Trinajstić information content (AvgIpc) is 2.33. The molecule has 1 rings (SSSR count). The zero-order valence-corrected chi connectivity index (χ0v) is 12.4. The van der Waals surface area contributed by atoms with Crippen LogP contribution in [0, 0.1) is 12.3 Å². The number of carbonyl (C=O) groups excluding carboxylic acids is 2.